The first-order chi connectivity index (χ1) is 12.4. The summed E-state index contributed by atoms with van der Waals surface area (Å²) in [6, 6.07) is 9.81. The predicted octanol–water partition coefficient (Wildman–Crippen LogP) is 3.46. The number of halogens is 1. The topological polar surface area (TPSA) is 76.1 Å². The lowest BCUT2D eigenvalue weighted by Gasteiger charge is -2.39. The van der Waals surface area contributed by atoms with Crippen molar-refractivity contribution in [2.24, 2.45) is 0 Å². The molecule has 0 spiro atoms. The van der Waals surface area contributed by atoms with Crippen LogP contribution in [0.4, 0.5) is 0 Å². The van der Waals surface area contributed by atoms with Crippen molar-refractivity contribution in [3.63, 3.8) is 0 Å². The summed E-state index contributed by atoms with van der Waals surface area (Å²) in [5, 5.41) is 9.96. The third-order valence-electron chi connectivity index (χ3n) is 4.63. The zero-order valence-corrected chi connectivity index (χ0v) is 16.1. The van der Waals surface area contributed by atoms with E-state index < -0.39 is 17.9 Å². The second kappa shape index (κ2) is 6.99. The van der Waals surface area contributed by atoms with Gasteiger partial charge in [0.25, 0.3) is 5.91 Å². The van der Waals surface area contributed by atoms with E-state index in [1.807, 2.05) is 24.3 Å². The van der Waals surface area contributed by atoms with Gasteiger partial charge in [0, 0.05) is 17.1 Å². The summed E-state index contributed by atoms with van der Waals surface area (Å²) in [5.74, 6) is -1.42. The molecule has 26 heavy (non-hydrogen) atoms. The maximum atomic E-state index is 12.9. The standard InChI is InChI=1S/C19H18BrNO5/c1-21-17(10-5-4-6-11(20)7-10)16(19(23)24)12-8-14(25-2)15(26-3)9-13(12)18(21)22/h4-9,16-17H,1-3H3,(H,23,24)/t16-,17-/m0/s1. The highest BCUT2D eigenvalue weighted by Crippen LogP contribution is 2.45. The van der Waals surface area contributed by atoms with Crippen molar-refractivity contribution >= 4 is 27.8 Å². The Hall–Kier alpha value is -2.54. The molecule has 1 N–H and O–H groups in total. The highest BCUT2D eigenvalue weighted by molar-refractivity contribution is 9.10. The molecule has 1 heterocycles. The van der Waals surface area contributed by atoms with Gasteiger partial charge in [-0.15, -0.1) is 0 Å². The molecular formula is C19H18BrNO5. The van der Waals surface area contributed by atoms with Crippen LogP contribution < -0.4 is 9.47 Å². The minimum Gasteiger partial charge on any atom is -0.493 e. The molecule has 2 atom stereocenters. The van der Waals surface area contributed by atoms with Gasteiger partial charge in [0.15, 0.2) is 11.5 Å². The Labute approximate surface area is 159 Å². The van der Waals surface area contributed by atoms with Crippen LogP contribution in [-0.4, -0.2) is 43.2 Å². The van der Waals surface area contributed by atoms with Gasteiger partial charge in [-0.05, 0) is 35.4 Å². The number of carboxylic acid groups (broad SMARTS) is 1. The molecule has 0 saturated heterocycles. The molecule has 0 aliphatic carbocycles. The highest BCUT2D eigenvalue weighted by atomic mass is 79.9. The van der Waals surface area contributed by atoms with E-state index in [4.69, 9.17) is 9.47 Å². The smallest absolute Gasteiger partial charge is 0.313 e. The van der Waals surface area contributed by atoms with Crippen molar-refractivity contribution in [3.8, 4) is 11.5 Å². The van der Waals surface area contributed by atoms with Gasteiger partial charge >= 0.3 is 5.97 Å². The van der Waals surface area contributed by atoms with Crippen molar-refractivity contribution in [3.05, 3.63) is 57.6 Å². The maximum absolute atomic E-state index is 12.9. The fourth-order valence-electron chi connectivity index (χ4n) is 3.42. The van der Waals surface area contributed by atoms with Gasteiger partial charge < -0.3 is 19.5 Å². The summed E-state index contributed by atoms with van der Waals surface area (Å²) in [6.45, 7) is 0. The number of rotatable bonds is 4. The van der Waals surface area contributed by atoms with Crippen molar-refractivity contribution in [1.82, 2.24) is 4.90 Å². The third kappa shape index (κ3) is 2.92. The zero-order chi connectivity index (χ0) is 19.0. The number of hydrogen-bond donors (Lipinski definition) is 1. The molecule has 2 aromatic rings. The lowest BCUT2D eigenvalue weighted by Crippen LogP contribution is -2.42. The Bertz CT molecular complexity index is 882. The largest absolute Gasteiger partial charge is 0.493 e. The number of aliphatic carboxylic acids is 1. The molecule has 0 radical (unpaired) electrons. The van der Waals surface area contributed by atoms with Crippen LogP contribution in [0.25, 0.3) is 0 Å². The number of hydrogen-bond acceptors (Lipinski definition) is 4. The quantitative estimate of drug-likeness (QED) is 0.820. The van der Waals surface area contributed by atoms with E-state index in [9.17, 15) is 14.7 Å². The predicted molar refractivity (Wildman–Crippen MR) is 98.9 cm³/mol. The monoisotopic (exact) mass is 419 g/mol. The van der Waals surface area contributed by atoms with E-state index in [1.54, 1.807) is 19.2 Å². The van der Waals surface area contributed by atoms with Gasteiger partial charge in [-0.2, -0.15) is 0 Å². The lowest BCUT2D eigenvalue weighted by atomic mass is 9.80. The molecule has 6 nitrogen and oxygen atoms in total. The van der Waals surface area contributed by atoms with Crippen molar-refractivity contribution in [2.45, 2.75) is 12.0 Å². The molecular weight excluding hydrogens is 402 g/mol. The fourth-order valence-corrected chi connectivity index (χ4v) is 3.84. The first-order valence-electron chi connectivity index (χ1n) is 7.90. The van der Waals surface area contributed by atoms with Crippen LogP contribution in [0.15, 0.2) is 40.9 Å². The second-order valence-corrected chi connectivity index (χ2v) is 6.94. The Morgan fingerprint density at radius 2 is 1.81 bits per heavy atom. The average molecular weight is 420 g/mol. The van der Waals surface area contributed by atoms with Crippen LogP contribution in [-0.2, 0) is 4.79 Å². The number of carboxylic acids is 1. The summed E-state index contributed by atoms with van der Waals surface area (Å²) >= 11 is 3.41. The molecule has 2 aromatic carbocycles. The van der Waals surface area contributed by atoms with Gasteiger partial charge in [-0.25, -0.2) is 0 Å². The molecule has 0 fully saturated rings. The van der Waals surface area contributed by atoms with E-state index in [-0.39, 0.29) is 5.91 Å². The van der Waals surface area contributed by atoms with Crippen molar-refractivity contribution < 1.29 is 24.2 Å². The van der Waals surface area contributed by atoms with Crippen LogP contribution >= 0.6 is 15.9 Å². The fraction of sp³-hybridized carbons (Fsp3) is 0.263. The molecule has 1 amide bonds. The summed E-state index contributed by atoms with van der Waals surface area (Å²) in [7, 11) is 4.56. The molecule has 1 aliphatic heterocycles. The first kappa shape index (κ1) is 18.3. The summed E-state index contributed by atoms with van der Waals surface area (Å²) in [4.78, 5) is 26.6. The SMILES string of the molecule is COc1cc2c(cc1OC)[C@H](C(=O)O)[C@H](c1cccc(Br)c1)N(C)C2=O. The minimum absolute atomic E-state index is 0.261. The highest BCUT2D eigenvalue weighted by Gasteiger charge is 2.43. The molecule has 0 aromatic heterocycles. The number of nitrogens with zero attached hydrogens (tertiary/aromatic N) is 1. The van der Waals surface area contributed by atoms with Crippen molar-refractivity contribution in [1.29, 1.82) is 0 Å². The van der Waals surface area contributed by atoms with Crippen LogP contribution in [0.3, 0.4) is 0 Å². The van der Waals surface area contributed by atoms with Gasteiger partial charge in [0.2, 0.25) is 0 Å². The minimum atomic E-state index is -1.01. The zero-order valence-electron chi connectivity index (χ0n) is 14.5. The number of ether oxygens (including phenoxy) is 2. The van der Waals surface area contributed by atoms with Crippen LogP contribution in [0.5, 0.6) is 11.5 Å². The van der Waals surface area contributed by atoms with Gasteiger partial charge in [-0.3, -0.25) is 9.59 Å². The second-order valence-electron chi connectivity index (χ2n) is 6.03. The number of carbonyl (C=O) groups is 2. The first-order valence-corrected chi connectivity index (χ1v) is 8.69. The normalized spacial score (nSPS) is 19.1. The molecule has 0 saturated carbocycles. The number of carbonyl (C=O) groups excluding carboxylic acids is 1. The molecule has 1 aliphatic rings. The number of benzene rings is 2. The van der Waals surface area contributed by atoms with Gasteiger partial charge in [-0.1, -0.05) is 28.1 Å². The molecule has 136 valence electrons. The van der Waals surface area contributed by atoms with E-state index in [0.717, 1.165) is 10.0 Å². The molecule has 0 unspecified atom stereocenters. The van der Waals surface area contributed by atoms with Crippen LogP contribution in [0.1, 0.15) is 33.4 Å². The lowest BCUT2D eigenvalue weighted by molar-refractivity contribution is -0.140. The van der Waals surface area contributed by atoms with Crippen LogP contribution in [0, 0.1) is 0 Å². The van der Waals surface area contributed by atoms with E-state index in [2.05, 4.69) is 15.9 Å². The Kier molecular flexibility index (Phi) is 4.91. The summed E-state index contributed by atoms with van der Waals surface area (Å²) in [6.07, 6.45) is 0. The molecule has 0 bridgehead atoms. The number of amides is 1. The van der Waals surface area contributed by atoms with Crippen LogP contribution in [0.2, 0.25) is 0 Å². The third-order valence-corrected chi connectivity index (χ3v) is 5.12. The maximum Gasteiger partial charge on any atom is 0.313 e. The number of likely N-dealkylation sites (N-methyl/N-ethyl adjacent to an activating group) is 1. The number of methoxy groups -OCH3 is 2. The Balaban J connectivity index is 2.25. The molecule has 7 heteroatoms. The Morgan fingerprint density at radius 1 is 1.15 bits per heavy atom. The van der Waals surface area contributed by atoms with E-state index in [0.29, 0.717) is 22.6 Å². The average Bonchev–Trinajstić information content (AvgIpc) is 2.62. The summed E-state index contributed by atoms with van der Waals surface area (Å²) < 4.78 is 11.4. The summed E-state index contributed by atoms with van der Waals surface area (Å²) in [5.41, 5.74) is 1.47. The van der Waals surface area contributed by atoms with Gasteiger partial charge in [0.05, 0.1) is 20.3 Å². The van der Waals surface area contributed by atoms with E-state index >= 15 is 0 Å². The van der Waals surface area contributed by atoms with E-state index in [1.165, 1.54) is 19.1 Å². The molecule has 3 rings (SSSR count). The Morgan fingerprint density at radius 3 is 2.38 bits per heavy atom. The van der Waals surface area contributed by atoms with Crippen molar-refractivity contribution in [2.75, 3.05) is 21.3 Å². The number of fused-ring (bicyclic) bond motifs is 1. The van der Waals surface area contributed by atoms with Gasteiger partial charge in [0.1, 0.15) is 5.92 Å².